The predicted octanol–water partition coefficient (Wildman–Crippen LogP) is 5.44. The van der Waals surface area contributed by atoms with Crippen LogP contribution in [0.1, 0.15) is 11.1 Å². The van der Waals surface area contributed by atoms with E-state index in [0.717, 1.165) is 39.9 Å². The zero-order valence-corrected chi connectivity index (χ0v) is 16.5. The number of carbonyl (C=O) groups excluding carboxylic acids is 1. The van der Waals surface area contributed by atoms with E-state index in [1.54, 1.807) is 4.90 Å². The summed E-state index contributed by atoms with van der Waals surface area (Å²) in [5.74, 6) is 0.858. The fraction of sp³-hybridized carbons (Fsp3) is 0.120. The number of hydrogen-bond donors (Lipinski definition) is 2. The predicted molar refractivity (Wildman–Crippen MR) is 122 cm³/mol. The Labute approximate surface area is 175 Å². The molecule has 2 N–H and O–H groups in total. The zero-order valence-electron chi connectivity index (χ0n) is 16.5. The third-order valence-electron chi connectivity index (χ3n) is 5.44. The van der Waals surface area contributed by atoms with E-state index >= 15 is 0 Å². The van der Waals surface area contributed by atoms with Gasteiger partial charge in [0.2, 0.25) is 0 Å². The van der Waals surface area contributed by atoms with Crippen molar-refractivity contribution >= 4 is 34.0 Å². The number of pyridine rings is 1. The van der Waals surface area contributed by atoms with Crippen LogP contribution in [0.3, 0.4) is 0 Å². The molecule has 4 aromatic rings. The second-order valence-corrected chi connectivity index (χ2v) is 7.40. The number of benzene rings is 3. The topological polar surface area (TPSA) is 57.3 Å². The molecule has 2 amide bonds. The van der Waals surface area contributed by atoms with Gasteiger partial charge in [-0.1, -0.05) is 54.6 Å². The first-order chi connectivity index (χ1) is 14.8. The Morgan fingerprint density at radius 3 is 2.80 bits per heavy atom. The highest BCUT2D eigenvalue weighted by atomic mass is 16.2. The summed E-state index contributed by atoms with van der Waals surface area (Å²) in [4.78, 5) is 19.1. The molecule has 1 aromatic heterocycles. The number of anilines is 3. The van der Waals surface area contributed by atoms with Crippen LogP contribution in [-0.4, -0.2) is 17.6 Å². The molecule has 0 saturated carbocycles. The smallest absolute Gasteiger partial charge is 0.326 e. The van der Waals surface area contributed by atoms with Crippen LogP contribution < -0.4 is 15.5 Å². The van der Waals surface area contributed by atoms with E-state index in [0.29, 0.717) is 13.1 Å². The largest absolute Gasteiger partial charge is 0.365 e. The van der Waals surface area contributed by atoms with Crippen LogP contribution in [0.15, 0.2) is 85.1 Å². The average Bonchev–Trinajstić information content (AvgIpc) is 3.22. The van der Waals surface area contributed by atoms with Gasteiger partial charge in [0.15, 0.2) is 0 Å². The van der Waals surface area contributed by atoms with Crippen molar-refractivity contribution in [1.82, 2.24) is 4.98 Å². The summed E-state index contributed by atoms with van der Waals surface area (Å²) in [6.07, 6.45) is 2.71. The van der Waals surface area contributed by atoms with Crippen molar-refractivity contribution in [3.63, 3.8) is 0 Å². The van der Waals surface area contributed by atoms with Crippen molar-refractivity contribution in [2.45, 2.75) is 13.0 Å². The third-order valence-corrected chi connectivity index (χ3v) is 5.44. The van der Waals surface area contributed by atoms with Gasteiger partial charge in [0, 0.05) is 36.0 Å². The van der Waals surface area contributed by atoms with E-state index in [9.17, 15) is 4.79 Å². The quantitative estimate of drug-likeness (QED) is 0.484. The Morgan fingerprint density at radius 2 is 1.83 bits per heavy atom. The molecule has 5 nitrogen and oxygen atoms in total. The summed E-state index contributed by atoms with van der Waals surface area (Å²) in [5, 5.41) is 8.70. The number of nitrogens with one attached hydrogen (secondary N) is 2. The van der Waals surface area contributed by atoms with Crippen LogP contribution in [0.5, 0.6) is 0 Å². The molecule has 2 heterocycles. The number of fused-ring (bicyclic) bond motifs is 2. The van der Waals surface area contributed by atoms with Gasteiger partial charge in [-0.2, -0.15) is 0 Å². The summed E-state index contributed by atoms with van der Waals surface area (Å²) in [7, 11) is 0. The number of aromatic nitrogens is 1. The molecule has 0 saturated heterocycles. The first-order valence-electron chi connectivity index (χ1n) is 10.1. The summed E-state index contributed by atoms with van der Waals surface area (Å²) in [6.45, 7) is 1.33. The molecule has 5 heteroatoms. The highest BCUT2D eigenvalue weighted by Crippen LogP contribution is 2.28. The monoisotopic (exact) mass is 394 g/mol. The van der Waals surface area contributed by atoms with Gasteiger partial charge in [0.05, 0.1) is 0 Å². The van der Waals surface area contributed by atoms with Crippen LogP contribution in [0.2, 0.25) is 0 Å². The van der Waals surface area contributed by atoms with Crippen molar-refractivity contribution in [3.8, 4) is 0 Å². The van der Waals surface area contributed by atoms with Gasteiger partial charge in [0.1, 0.15) is 5.82 Å². The normalized spacial score (nSPS) is 12.6. The van der Waals surface area contributed by atoms with E-state index in [1.165, 1.54) is 5.56 Å². The molecule has 148 valence electrons. The number of carbonyl (C=O) groups is 1. The number of nitrogens with zero attached hydrogens (tertiary/aromatic N) is 2. The summed E-state index contributed by atoms with van der Waals surface area (Å²) in [5.41, 5.74) is 4.07. The molecule has 30 heavy (non-hydrogen) atoms. The first-order valence-corrected chi connectivity index (χ1v) is 10.1. The van der Waals surface area contributed by atoms with E-state index in [2.05, 4.69) is 33.8 Å². The molecule has 0 fully saturated rings. The minimum absolute atomic E-state index is 0.0965. The maximum Gasteiger partial charge on any atom is 0.326 e. The minimum Gasteiger partial charge on any atom is -0.365 e. The molecule has 0 spiro atoms. The lowest BCUT2D eigenvalue weighted by Crippen LogP contribution is -2.33. The van der Waals surface area contributed by atoms with E-state index in [4.69, 9.17) is 0 Å². The lowest BCUT2D eigenvalue weighted by Gasteiger charge is -2.18. The highest BCUT2D eigenvalue weighted by molar-refractivity contribution is 6.03. The Morgan fingerprint density at radius 1 is 0.967 bits per heavy atom. The number of para-hydroxylation sites is 1. The Kier molecular flexibility index (Phi) is 4.77. The van der Waals surface area contributed by atoms with Gasteiger partial charge >= 0.3 is 6.03 Å². The van der Waals surface area contributed by atoms with Crippen molar-refractivity contribution in [2.24, 2.45) is 0 Å². The maximum absolute atomic E-state index is 12.8. The van der Waals surface area contributed by atoms with Crippen LogP contribution in [0, 0.1) is 0 Å². The molecule has 0 aliphatic carbocycles. The standard InChI is InChI=1S/C25H22N4O/c30-25(29-15-13-20-8-2-4-11-23(20)29)28-21-9-5-6-18(16-21)17-27-24-22-10-3-1-7-19(22)12-14-26-24/h1-12,14,16H,13,15,17H2,(H,26,27)(H,28,30). The van der Waals surface area contributed by atoms with E-state index < -0.39 is 0 Å². The summed E-state index contributed by atoms with van der Waals surface area (Å²) < 4.78 is 0. The molecule has 0 atom stereocenters. The van der Waals surface area contributed by atoms with Gasteiger partial charge < -0.3 is 10.6 Å². The molecular formula is C25H22N4O. The molecule has 5 rings (SSSR count). The van der Waals surface area contributed by atoms with Gasteiger partial charge in [0.25, 0.3) is 0 Å². The zero-order chi connectivity index (χ0) is 20.3. The fourth-order valence-corrected chi connectivity index (χ4v) is 3.95. The highest BCUT2D eigenvalue weighted by Gasteiger charge is 2.24. The Balaban J connectivity index is 1.28. The van der Waals surface area contributed by atoms with Crippen molar-refractivity contribution in [1.29, 1.82) is 0 Å². The number of amides is 2. The molecule has 1 aliphatic heterocycles. The van der Waals surface area contributed by atoms with Gasteiger partial charge in [-0.05, 0) is 47.2 Å². The van der Waals surface area contributed by atoms with Crippen LogP contribution in [0.25, 0.3) is 10.8 Å². The second kappa shape index (κ2) is 7.87. The lowest BCUT2D eigenvalue weighted by molar-refractivity contribution is 0.257. The molecule has 1 aliphatic rings. The first kappa shape index (κ1) is 18.2. The van der Waals surface area contributed by atoms with Crippen molar-refractivity contribution < 1.29 is 4.79 Å². The van der Waals surface area contributed by atoms with E-state index in [-0.39, 0.29) is 6.03 Å². The third kappa shape index (κ3) is 3.57. The summed E-state index contributed by atoms with van der Waals surface area (Å²) >= 11 is 0. The molecular weight excluding hydrogens is 372 g/mol. The Bertz CT molecular complexity index is 1220. The van der Waals surface area contributed by atoms with Gasteiger partial charge in [-0.3, -0.25) is 4.90 Å². The molecule has 3 aromatic carbocycles. The van der Waals surface area contributed by atoms with Gasteiger partial charge in [-0.15, -0.1) is 0 Å². The fourth-order valence-electron chi connectivity index (χ4n) is 3.95. The SMILES string of the molecule is O=C(Nc1cccc(CNc2nccc3ccccc23)c1)N1CCc2ccccc21. The maximum atomic E-state index is 12.8. The van der Waals surface area contributed by atoms with Gasteiger partial charge in [-0.25, -0.2) is 9.78 Å². The van der Waals surface area contributed by atoms with Crippen LogP contribution in [-0.2, 0) is 13.0 Å². The minimum atomic E-state index is -0.0965. The average molecular weight is 394 g/mol. The van der Waals surface area contributed by atoms with Crippen molar-refractivity contribution in [2.75, 3.05) is 22.1 Å². The summed E-state index contributed by atoms with van der Waals surface area (Å²) in [6, 6.07) is 26.1. The Hall–Kier alpha value is -3.86. The molecule has 0 bridgehead atoms. The number of rotatable bonds is 4. The van der Waals surface area contributed by atoms with E-state index in [1.807, 2.05) is 66.9 Å². The van der Waals surface area contributed by atoms with Crippen molar-refractivity contribution in [3.05, 3.63) is 96.2 Å². The molecule has 0 radical (unpaired) electrons. The second-order valence-electron chi connectivity index (χ2n) is 7.40. The van der Waals surface area contributed by atoms with Crippen LogP contribution >= 0.6 is 0 Å². The molecule has 0 unspecified atom stereocenters. The number of hydrogen-bond acceptors (Lipinski definition) is 3. The number of urea groups is 1. The lowest BCUT2D eigenvalue weighted by atomic mass is 10.1. The van der Waals surface area contributed by atoms with Crippen LogP contribution in [0.4, 0.5) is 22.0 Å².